The van der Waals surface area contributed by atoms with Gasteiger partial charge in [0.05, 0.1) is 12.8 Å². The fraction of sp³-hybridized carbons (Fsp3) is 0.353. The molecule has 0 atom stereocenters. The molecule has 0 aliphatic heterocycles. The first-order valence-corrected chi connectivity index (χ1v) is 8.30. The second-order valence-corrected chi connectivity index (χ2v) is 6.46. The number of methoxy groups -OCH3 is 1. The SMILES string of the molecule is COc1ccc(-c2nc(C)c(C(=O)OCC(=O)NC(C)C)s2)cc1. The van der Waals surface area contributed by atoms with Gasteiger partial charge in [-0.25, -0.2) is 9.78 Å². The summed E-state index contributed by atoms with van der Waals surface area (Å²) in [6.07, 6.45) is 0. The van der Waals surface area contributed by atoms with Gasteiger partial charge < -0.3 is 14.8 Å². The van der Waals surface area contributed by atoms with E-state index >= 15 is 0 Å². The molecular weight excluding hydrogens is 328 g/mol. The highest BCUT2D eigenvalue weighted by molar-refractivity contribution is 7.17. The number of benzene rings is 1. The normalized spacial score (nSPS) is 10.5. The molecule has 7 heteroatoms. The minimum atomic E-state index is -0.538. The minimum absolute atomic E-state index is 0.00279. The van der Waals surface area contributed by atoms with Gasteiger partial charge >= 0.3 is 5.97 Å². The van der Waals surface area contributed by atoms with E-state index in [0.717, 1.165) is 11.3 Å². The molecule has 1 aromatic heterocycles. The Bertz CT molecular complexity index is 723. The summed E-state index contributed by atoms with van der Waals surface area (Å²) in [4.78, 5) is 28.5. The number of nitrogens with zero attached hydrogens (tertiary/aromatic N) is 1. The molecule has 0 spiro atoms. The van der Waals surface area contributed by atoms with Gasteiger partial charge in [0.1, 0.15) is 15.6 Å². The number of nitrogens with one attached hydrogen (secondary N) is 1. The lowest BCUT2D eigenvalue weighted by Crippen LogP contribution is -2.33. The smallest absolute Gasteiger partial charge is 0.350 e. The predicted molar refractivity (Wildman–Crippen MR) is 92.4 cm³/mol. The van der Waals surface area contributed by atoms with Gasteiger partial charge in [0.2, 0.25) is 0 Å². The zero-order chi connectivity index (χ0) is 17.7. The first-order chi connectivity index (χ1) is 11.4. The third kappa shape index (κ3) is 4.55. The van der Waals surface area contributed by atoms with Gasteiger partial charge in [-0.15, -0.1) is 11.3 Å². The molecule has 0 radical (unpaired) electrons. The molecule has 0 saturated carbocycles. The van der Waals surface area contributed by atoms with Crippen molar-refractivity contribution in [1.82, 2.24) is 10.3 Å². The van der Waals surface area contributed by atoms with Crippen LogP contribution in [0.15, 0.2) is 24.3 Å². The van der Waals surface area contributed by atoms with Gasteiger partial charge in [-0.05, 0) is 45.0 Å². The lowest BCUT2D eigenvalue weighted by atomic mass is 10.2. The van der Waals surface area contributed by atoms with Crippen LogP contribution in [0.25, 0.3) is 10.6 Å². The van der Waals surface area contributed by atoms with Crippen molar-refractivity contribution < 1.29 is 19.1 Å². The molecule has 0 saturated heterocycles. The summed E-state index contributed by atoms with van der Waals surface area (Å²) in [6.45, 7) is 5.13. The number of esters is 1. The van der Waals surface area contributed by atoms with E-state index in [1.165, 1.54) is 11.3 Å². The van der Waals surface area contributed by atoms with Gasteiger partial charge in [-0.1, -0.05) is 0 Å². The number of hydrogen-bond donors (Lipinski definition) is 1. The Morgan fingerprint density at radius 3 is 2.50 bits per heavy atom. The van der Waals surface area contributed by atoms with Gasteiger partial charge in [0.15, 0.2) is 6.61 Å². The van der Waals surface area contributed by atoms with Gasteiger partial charge in [-0.2, -0.15) is 0 Å². The second-order valence-electron chi connectivity index (χ2n) is 5.46. The Hall–Kier alpha value is -2.41. The molecule has 0 unspecified atom stereocenters. The zero-order valence-electron chi connectivity index (χ0n) is 14.1. The average Bonchev–Trinajstić information content (AvgIpc) is 2.94. The van der Waals surface area contributed by atoms with Crippen molar-refractivity contribution in [1.29, 1.82) is 0 Å². The highest BCUT2D eigenvalue weighted by atomic mass is 32.1. The van der Waals surface area contributed by atoms with Crippen molar-refractivity contribution in [3.63, 3.8) is 0 Å². The molecule has 6 nitrogen and oxygen atoms in total. The number of amides is 1. The number of hydrogen-bond acceptors (Lipinski definition) is 6. The summed E-state index contributed by atoms with van der Waals surface area (Å²) in [6, 6.07) is 7.42. The molecule has 2 rings (SSSR count). The Balaban J connectivity index is 2.07. The van der Waals surface area contributed by atoms with E-state index in [2.05, 4.69) is 10.3 Å². The lowest BCUT2D eigenvalue weighted by Gasteiger charge is -2.08. The van der Waals surface area contributed by atoms with Crippen LogP contribution in [0.2, 0.25) is 0 Å². The van der Waals surface area contributed by atoms with Crippen molar-refractivity contribution in [2.45, 2.75) is 26.8 Å². The van der Waals surface area contributed by atoms with E-state index in [4.69, 9.17) is 9.47 Å². The number of carbonyl (C=O) groups excluding carboxylic acids is 2. The Kier molecular flexibility index (Phi) is 5.92. The molecule has 0 aliphatic carbocycles. The van der Waals surface area contributed by atoms with Gasteiger partial charge in [0.25, 0.3) is 5.91 Å². The fourth-order valence-electron chi connectivity index (χ4n) is 2.00. The fourth-order valence-corrected chi connectivity index (χ4v) is 2.97. The molecule has 24 heavy (non-hydrogen) atoms. The Morgan fingerprint density at radius 1 is 1.25 bits per heavy atom. The molecule has 1 heterocycles. The quantitative estimate of drug-likeness (QED) is 0.812. The summed E-state index contributed by atoms with van der Waals surface area (Å²) in [7, 11) is 1.60. The van der Waals surface area contributed by atoms with E-state index in [9.17, 15) is 9.59 Å². The van der Waals surface area contributed by atoms with E-state index in [1.54, 1.807) is 14.0 Å². The summed E-state index contributed by atoms with van der Waals surface area (Å²) in [5.74, 6) is -0.109. The highest BCUT2D eigenvalue weighted by Gasteiger charge is 2.18. The largest absolute Gasteiger partial charge is 0.497 e. The van der Waals surface area contributed by atoms with Crippen molar-refractivity contribution in [3.8, 4) is 16.3 Å². The van der Waals surface area contributed by atoms with Crippen LogP contribution in [0.4, 0.5) is 0 Å². The summed E-state index contributed by atoms with van der Waals surface area (Å²) in [5.41, 5.74) is 1.47. The summed E-state index contributed by atoms with van der Waals surface area (Å²) < 4.78 is 10.2. The minimum Gasteiger partial charge on any atom is -0.497 e. The second kappa shape index (κ2) is 7.92. The van der Waals surface area contributed by atoms with Crippen LogP contribution in [0.5, 0.6) is 5.75 Å². The van der Waals surface area contributed by atoms with E-state index in [0.29, 0.717) is 15.6 Å². The Morgan fingerprint density at radius 2 is 1.92 bits per heavy atom. The lowest BCUT2D eigenvalue weighted by molar-refractivity contribution is -0.124. The topological polar surface area (TPSA) is 77.5 Å². The first kappa shape index (κ1) is 17.9. The number of ether oxygens (including phenoxy) is 2. The van der Waals surface area contributed by atoms with Gasteiger partial charge in [0, 0.05) is 11.6 Å². The third-order valence-corrected chi connectivity index (χ3v) is 4.29. The molecule has 128 valence electrons. The van der Waals surface area contributed by atoms with E-state index in [-0.39, 0.29) is 18.6 Å². The van der Waals surface area contributed by atoms with Gasteiger partial charge in [-0.3, -0.25) is 4.79 Å². The van der Waals surface area contributed by atoms with Crippen LogP contribution in [0, 0.1) is 6.92 Å². The van der Waals surface area contributed by atoms with Crippen LogP contribution in [-0.4, -0.2) is 36.6 Å². The molecule has 0 bridgehead atoms. The standard InChI is InChI=1S/C17H20N2O4S/c1-10(2)18-14(20)9-23-17(21)15-11(3)19-16(24-15)12-5-7-13(22-4)8-6-12/h5-8,10H,9H2,1-4H3,(H,18,20). The summed E-state index contributed by atoms with van der Waals surface area (Å²) in [5, 5.41) is 3.38. The molecule has 2 aromatic rings. The molecule has 0 fully saturated rings. The highest BCUT2D eigenvalue weighted by Crippen LogP contribution is 2.29. The molecule has 1 aromatic carbocycles. The van der Waals surface area contributed by atoms with Crippen LogP contribution < -0.4 is 10.1 Å². The monoisotopic (exact) mass is 348 g/mol. The van der Waals surface area contributed by atoms with Crippen LogP contribution in [-0.2, 0) is 9.53 Å². The summed E-state index contributed by atoms with van der Waals surface area (Å²) >= 11 is 1.24. The van der Waals surface area contributed by atoms with Crippen molar-refractivity contribution in [3.05, 3.63) is 34.8 Å². The molecule has 1 amide bonds. The molecule has 0 aliphatic rings. The zero-order valence-corrected chi connectivity index (χ0v) is 14.9. The first-order valence-electron chi connectivity index (χ1n) is 7.49. The number of thiazole rings is 1. The number of aromatic nitrogens is 1. The number of carbonyl (C=O) groups is 2. The van der Waals surface area contributed by atoms with Crippen LogP contribution in [0.1, 0.15) is 29.2 Å². The molecule has 1 N–H and O–H groups in total. The van der Waals surface area contributed by atoms with Crippen molar-refractivity contribution in [2.75, 3.05) is 13.7 Å². The number of aryl methyl sites for hydroxylation is 1. The maximum absolute atomic E-state index is 12.1. The number of rotatable bonds is 6. The Labute approximate surface area is 144 Å². The van der Waals surface area contributed by atoms with E-state index < -0.39 is 5.97 Å². The van der Waals surface area contributed by atoms with Crippen molar-refractivity contribution in [2.24, 2.45) is 0 Å². The maximum atomic E-state index is 12.1. The average molecular weight is 348 g/mol. The molecular formula is C17H20N2O4S. The van der Waals surface area contributed by atoms with E-state index in [1.807, 2.05) is 38.1 Å². The van der Waals surface area contributed by atoms with Crippen LogP contribution >= 0.6 is 11.3 Å². The van der Waals surface area contributed by atoms with Crippen molar-refractivity contribution >= 4 is 23.2 Å². The van der Waals surface area contributed by atoms with Crippen LogP contribution in [0.3, 0.4) is 0 Å². The third-order valence-electron chi connectivity index (χ3n) is 3.10. The maximum Gasteiger partial charge on any atom is 0.350 e. The predicted octanol–water partition coefficient (Wildman–Crippen LogP) is 2.81.